The summed E-state index contributed by atoms with van der Waals surface area (Å²) in [6, 6.07) is 7.00. The van der Waals surface area contributed by atoms with E-state index in [0.29, 0.717) is 29.8 Å². The van der Waals surface area contributed by atoms with Gasteiger partial charge >= 0.3 is 6.03 Å². The van der Waals surface area contributed by atoms with E-state index in [1.165, 1.54) is 6.92 Å². The molecule has 1 fully saturated rings. The first-order valence-corrected chi connectivity index (χ1v) is 8.93. The van der Waals surface area contributed by atoms with E-state index in [4.69, 9.17) is 4.74 Å². The second-order valence-electron chi connectivity index (χ2n) is 6.90. The Kier molecular flexibility index (Phi) is 7.40. The average Bonchev–Trinajstić information content (AvgIpc) is 2.59. The van der Waals surface area contributed by atoms with Crippen molar-refractivity contribution in [2.75, 3.05) is 38.2 Å². The molecule has 0 aromatic heterocycles. The van der Waals surface area contributed by atoms with Crippen LogP contribution in [-0.2, 0) is 4.74 Å². The highest BCUT2D eigenvalue weighted by molar-refractivity contribution is 5.95. The number of carbonyl (C=O) groups is 2. The van der Waals surface area contributed by atoms with Gasteiger partial charge in [0.15, 0.2) is 5.78 Å². The minimum atomic E-state index is -0.224. The van der Waals surface area contributed by atoms with Crippen molar-refractivity contribution < 1.29 is 14.3 Å². The number of nitrogens with one attached hydrogen (secondary N) is 2. The van der Waals surface area contributed by atoms with Gasteiger partial charge in [0.05, 0.1) is 13.2 Å². The summed E-state index contributed by atoms with van der Waals surface area (Å²) in [5, 5.41) is 5.79. The summed E-state index contributed by atoms with van der Waals surface area (Å²) >= 11 is 0. The van der Waals surface area contributed by atoms with Crippen LogP contribution in [0.15, 0.2) is 24.3 Å². The maximum absolute atomic E-state index is 12.2. The molecule has 6 heteroatoms. The van der Waals surface area contributed by atoms with E-state index in [-0.39, 0.29) is 11.8 Å². The quantitative estimate of drug-likeness (QED) is 0.744. The highest BCUT2D eigenvalue weighted by Crippen LogP contribution is 2.13. The van der Waals surface area contributed by atoms with Gasteiger partial charge in [0, 0.05) is 36.9 Å². The van der Waals surface area contributed by atoms with Gasteiger partial charge in [0.2, 0.25) is 0 Å². The summed E-state index contributed by atoms with van der Waals surface area (Å²) < 4.78 is 5.42. The fourth-order valence-corrected chi connectivity index (χ4v) is 3.02. The van der Waals surface area contributed by atoms with Crippen molar-refractivity contribution in [3.8, 4) is 0 Å². The molecule has 1 heterocycles. The number of urea groups is 1. The molecule has 2 amide bonds. The lowest BCUT2D eigenvalue weighted by Gasteiger charge is -2.35. The fourth-order valence-electron chi connectivity index (χ4n) is 3.02. The molecule has 1 aromatic rings. The van der Waals surface area contributed by atoms with E-state index in [2.05, 4.69) is 29.4 Å². The van der Waals surface area contributed by atoms with Crippen LogP contribution in [0.1, 0.15) is 37.6 Å². The first-order chi connectivity index (χ1) is 12.0. The summed E-state index contributed by atoms with van der Waals surface area (Å²) in [6.07, 6.45) is 1.04. The first kappa shape index (κ1) is 19.4. The molecule has 1 aliphatic rings. The summed E-state index contributed by atoms with van der Waals surface area (Å²) in [4.78, 5) is 25.8. The lowest BCUT2D eigenvalue weighted by atomic mass is 10.0. The summed E-state index contributed by atoms with van der Waals surface area (Å²) in [6.45, 7) is 9.85. The molecule has 0 saturated carbocycles. The standard InChI is InChI=1S/C19H29N3O3/c1-14(2)12-18(22-8-10-25-11-9-22)13-20-19(24)21-17-6-4-16(5-7-17)15(3)23/h4-7,14,18H,8-13H2,1-3H3,(H2,20,21,24). The van der Waals surface area contributed by atoms with Gasteiger partial charge < -0.3 is 15.4 Å². The van der Waals surface area contributed by atoms with Gasteiger partial charge in [-0.2, -0.15) is 0 Å². The number of nitrogens with zero attached hydrogens (tertiary/aromatic N) is 1. The Labute approximate surface area is 149 Å². The molecule has 1 atom stereocenters. The smallest absolute Gasteiger partial charge is 0.319 e. The molecule has 2 rings (SSSR count). The number of benzene rings is 1. The maximum Gasteiger partial charge on any atom is 0.319 e. The van der Waals surface area contributed by atoms with Crippen molar-refractivity contribution in [2.24, 2.45) is 5.92 Å². The molecule has 0 aliphatic carbocycles. The van der Waals surface area contributed by atoms with Crippen LogP contribution in [0.2, 0.25) is 0 Å². The monoisotopic (exact) mass is 347 g/mol. The molecular weight excluding hydrogens is 318 g/mol. The third-order valence-electron chi connectivity index (χ3n) is 4.35. The van der Waals surface area contributed by atoms with Gasteiger partial charge in [-0.25, -0.2) is 4.79 Å². The fraction of sp³-hybridized carbons (Fsp3) is 0.579. The molecule has 6 nitrogen and oxygen atoms in total. The van der Waals surface area contributed by atoms with Crippen LogP contribution in [0, 0.1) is 5.92 Å². The van der Waals surface area contributed by atoms with E-state index in [1.54, 1.807) is 24.3 Å². The Bertz CT molecular complexity index is 566. The van der Waals surface area contributed by atoms with Crippen molar-refractivity contribution in [1.29, 1.82) is 0 Å². The predicted molar refractivity (Wildman–Crippen MR) is 99.1 cm³/mol. The van der Waals surface area contributed by atoms with Gasteiger partial charge in [-0.15, -0.1) is 0 Å². The van der Waals surface area contributed by atoms with E-state index in [1.807, 2.05) is 0 Å². The lowest BCUT2D eigenvalue weighted by Crippen LogP contribution is -2.49. The first-order valence-electron chi connectivity index (χ1n) is 8.93. The molecule has 1 saturated heterocycles. The highest BCUT2D eigenvalue weighted by atomic mass is 16.5. The van der Waals surface area contributed by atoms with E-state index in [9.17, 15) is 9.59 Å². The van der Waals surface area contributed by atoms with Crippen molar-refractivity contribution in [1.82, 2.24) is 10.2 Å². The largest absolute Gasteiger partial charge is 0.379 e. The molecule has 138 valence electrons. The number of anilines is 1. The van der Waals surface area contributed by atoms with Crippen LogP contribution < -0.4 is 10.6 Å². The van der Waals surface area contributed by atoms with Crippen molar-refractivity contribution in [2.45, 2.75) is 33.2 Å². The van der Waals surface area contributed by atoms with Gasteiger partial charge in [0.1, 0.15) is 0 Å². The number of carbonyl (C=O) groups excluding carboxylic acids is 2. The van der Waals surface area contributed by atoms with Crippen LogP contribution in [0.5, 0.6) is 0 Å². The summed E-state index contributed by atoms with van der Waals surface area (Å²) in [5.74, 6) is 0.579. The zero-order valence-corrected chi connectivity index (χ0v) is 15.4. The van der Waals surface area contributed by atoms with Crippen LogP contribution in [0.25, 0.3) is 0 Å². The second-order valence-corrected chi connectivity index (χ2v) is 6.90. The van der Waals surface area contributed by atoms with E-state index in [0.717, 1.165) is 32.7 Å². The molecule has 1 aromatic carbocycles. The number of hydrogen-bond acceptors (Lipinski definition) is 4. The molecule has 2 N–H and O–H groups in total. The molecule has 1 unspecified atom stereocenters. The average molecular weight is 347 g/mol. The number of rotatable bonds is 7. The minimum Gasteiger partial charge on any atom is -0.379 e. The summed E-state index contributed by atoms with van der Waals surface area (Å²) in [7, 11) is 0. The zero-order valence-electron chi connectivity index (χ0n) is 15.4. The second kappa shape index (κ2) is 9.53. The molecular formula is C19H29N3O3. The third kappa shape index (κ3) is 6.48. The molecule has 25 heavy (non-hydrogen) atoms. The number of amides is 2. The van der Waals surface area contributed by atoms with Crippen LogP contribution in [0.4, 0.5) is 10.5 Å². The summed E-state index contributed by atoms with van der Waals surface area (Å²) in [5.41, 5.74) is 1.31. The molecule has 0 bridgehead atoms. The topological polar surface area (TPSA) is 70.7 Å². The SMILES string of the molecule is CC(=O)c1ccc(NC(=O)NCC(CC(C)C)N2CCOCC2)cc1. The molecule has 0 spiro atoms. The Morgan fingerprint density at radius 1 is 1.16 bits per heavy atom. The Hall–Kier alpha value is -1.92. The maximum atomic E-state index is 12.2. The minimum absolute atomic E-state index is 0.0121. The molecule has 1 aliphatic heterocycles. The Morgan fingerprint density at radius 3 is 2.36 bits per heavy atom. The Morgan fingerprint density at radius 2 is 1.80 bits per heavy atom. The van der Waals surface area contributed by atoms with Crippen LogP contribution in [-0.4, -0.2) is 55.6 Å². The van der Waals surface area contributed by atoms with E-state index < -0.39 is 0 Å². The van der Waals surface area contributed by atoms with Gasteiger partial charge in [0.25, 0.3) is 0 Å². The lowest BCUT2D eigenvalue weighted by molar-refractivity contribution is 0.0130. The Balaban J connectivity index is 1.85. The molecule has 0 radical (unpaired) electrons. The van der Waals surface area contributed by atoms with Gasteiger partial charge in [-0.1, -0.05) is 13.8 Å². The third-order valence-corrected chi connectivity index (χ3v) is 4.35. The van der Waals surface area contributed by atoms with Gasteiger partial charge in [-0.3, -0.25) is 9.69 Å². The van der Waals surface area contributed by atoms with Gasteiger partial charge in [-0.05, 0) is 43.5 Å². The van der Waals surface area contributed by atoms with Crippen molar-refractivity contribution in [3.63, 3.8) is 0 Å². The number of Topliss-reactive ketones (excluding diaryl/α,β-unsaturated/α-hetero) is 1. The van der Waals surface area contributed by atoms with Crippen LogP contribution >= 0.6 is 0 Å². The van der Waals surface area contributed by atoms with Crippen molar-refractivity contribution >= 4 is 17.5 Å². The van der Waals surface area contributed by atoms with Crippen molar-refractivity contribution in [3.05, 3.63) is 29.8 Å². The highest BCUT2D eigenvalue weighted by Gasteiger charge is 2.22. The zero-order chi connectivity index (χ0) is 18.2. The number of hydrogen-bond donors (Lipinski definition) is 2. The number of ketones is 1. The predicted octanol–water partition coefficient (Wildman–Crippen LogP) is 2.76. The van der Waals surface area contributed by atoms with Crippen LogP contribution in [0.3, 0.4) is 0 Å². The normalized spacial score (nSPS) is 16.5. The number of ether oxygens (including phenoxy) is 1. The number of morpholine rings is 1. The van der Waals surface area contributed by atoms with E-state index >= 15 is 0 Å².